The van der Waals surface area contributed by atoms with Gasteiger partial charge in [0.1, 0.15) is 0 Å². The Kier molecular flexibility index (Phi) is 4.22. The first-order chi connectivity index (χ1) is 7.41. The van der Waals surface area contributed by atoms with Crippen LogP contribution in [0.15, 0.2) is 23.3 Å². The highest BCUT2D eigenvalue weighted by Gasteiger charge is 2.25. The largest absolute Gasteiger partial charge is 0.285 e. The van der Waals surface area contributed by atoms with Gasteiger partial charge in [-0.25, -0.2) is 0 Å². The van der Waals surface area contributed by atoms with Gasteiger partial charge in [-0.05, 0) is 24.7 Å². The summed E-state index contributed by atoms with van der Waals surface area (Å²) in [4.78, 5) is 23.6. The van der Waals surface area contributed by atoms with Gasteiger partial charge in [0.05, 0.1) is 0 Å². The second-order valence-corrected chi connectivity index (χ2v) is 5.24. The van der Waals surface area contributed by atoms with E-state index in [9.17, 15) is 9.59 Å². The lowest BCUT2D eigenvalue weighted by Crippen LogP contribution is -2.23. The number of carbonyl (C=O) groups excluding carboxylic acids is 2. The molecule has 0 aromatic carbocycles. The third kappa shape index (κ3) is 3.16. The molecule has 0 N–H and O–H groups in total. The van der Waals surface area contributed by atoms with Crippen LogP contribution in [-0.2, 0) is 9.59 Å². The molecule has 0 saturated carbocycles. The Bertz CT molecular complexity index is 321. The third-order valence-electron chi connectivity index (χ3n) is 2.53. The standard InChI is InChI=1S/C14H20O2/c1-9(2)7-11-5-6-12(8-10(3)4)14(16)13(11)15/h5-6,9-10H,7-8H2,1-4H3. The van der Waals surface area contributed by atoms with Crippen molar-refractivity contribution in [2.45, 2.75) is 40.5 Å². The molecule has 0 bridgehead atoms. The Morgan fingerprint density at radius 1 is 0.812 bits per heavy atom. The minimum atomic E-state index is -0.299. The van der Waals surface area contributed by atoms with Crippen LogP contribution in [0, 0.1) is 11.8 Å². The summed E-state index contributed by atoms with van der Waals surface area (Å²) in [5, 5.41) is 0. The van der Waals surface area contributed by atoms with Gasteiger partial charge >= 0.3 is 0 Å². The van der Waals surface area contributed by atoms with Crippen LogP contribution in [0.2, 0.25) is 0 Å². The molecule has 0 heterocycles. The van der Waals surface area contributed by atoms with Crippen LogP contribution in [0.5, 0.6) is 0 Å². The van der Waals surface area contributed by atoms with Crippen LogP contribution in [0.3, 0.4) is 0 Å². The van der Waals surface area contributed by atoms with Crippen molar-refractivity contribution in [3.63, 3.8) is 0 Å². The van der Waals surface area contributed by atoms with Crippen LogP contribution in [0.4, 0.5) is 0 Å². The van der Waals surface area contributed by atoms with Crippen LogP contribution in [0.25, 0.3) is 0 Å². The third-order valence-corrected chi connectivity index (χ3v) is 2.53. The smallest absolute Gasteiger partial charge is 0.229 e. The zero-order chi connectivity index (χ0) is 12.3. The normalized spacial score (nSPS) is 16.9. The highest BCUT2D eigenvalue weighted by molar-refractivity contribution is 6.49. The van der Waals surface area contributed by atoms with Crippen LogP contribution in [-0.4, -0.2) is 11.6 Å². The molecule has 16 heavy (non-hydrogen) atoms. The van der Waals surface area contributed by atoms with Gasteiger partial charge in [0.2, 0.25) is 11.6 Å². The summed E-state index contributed by atoms with van der Waals surface area (Å²) in [5.74, 6) is 0.213. The van der Waals surface area contributed by atoms with E-state index in [0.29, 0.717) is 35.8 Å². The summed E-state index contributed by atoms with van der Waals surface area (Å²) in [6, 6.07) is 0. The maximum Gasteiger partial charge on any atom is 0.229 e. The monoisotopic (exact) mass is 220 g/mol. The molecule has 0 atom stereocenters. The Labute approximate surface area is 97.4 Å². The molecule has 0 aliphatic heterocycles. The molecule has 1 rings (SSSR count). The summed E-state index contributed by atoms with van der Waals surface area (Å²) in [6.07, 6.45) is 5.02. The molecule has 2 nitrogen and oxygen atoms in total. The van der Waals surface area contributed by atoms with E-state index in [1.807, 2.05) is 39.8 Å². The van der Waals surface area contributed by atoms with Gasteiger partial charge < -0.3 is 0 Å². The number of carbonyl (C=O) groups is 2. The highest BCUT2D eigenvalue weighted by atomic mass is 16.2. The van der Waals surface area contributed by atoms with Crippen molar-refractivity contribution in [3.8, 4) is 0 Å². The Morgan fingerprint density at radius 2 is 1.12 bits per heavy atom. The maximum absolute atomic E-state index is 11.8. The van der Waals surface area contributed by atoms with Crippen molar-refractivity contribution in [1.82, 2.24) is 0 Å². The first-order valence-electron chi connectivity index (χ1n) is 5.90. The minimum Gasteiger partial charge on any atom is -0.285 e. The van der Waals surface area contributed by atoms with Gasteiger partial charge in [0.15, 0.2) is 0 Å². The molecule has 0 aromatic heterocycles. The van der Waals surface area contributed by atoms with E-state index in [1.54, 1.807) is 0 Å². The molecule has 88 valence electrons. The summed E-state index contributed by atoms with van der Waals surface area (Å²) < 4.78 is 0. The summed E-state index contributed by atoms with van der Waals surface area (Å²) in [7, 11) is 0. The Hall–Kier alpha value is -1.18. The number of rotatable bonds is 4. The van der Waals surface area contributed by atoms with Gasteiger partial charge in [-0.1, -0.05) is 39.8 Å². The van der Waals surface area contributed by atoms with Gasteiger partial charge in [-0.3, -0.25) is 9.59 Å². The first-order valence-corrected chi connectivity index (χ1v) is 5.90. The molecule has 0 radical (unpaired) electrons. The average molecular weight is 220 g/mol. The van der Waals surface area contributed by atoms with Crippen LogP contribution in [0.1, 0.15) is 40.5 Å². The summed E-state index contributed by atoms with van der Waals surface area (Å²) >= 11 is 0. The van der Waals surface area contributed by atoms with E-state index >= 15 is 0 Å². The van der Waals surface area contributed by atoms with E-state index in [2.05, 4.69) is 0 Å². The molecular formula is C14H20O2. The summed E-state index contributed by atoms with van der Waals surface area (Å²) in [5.41, 5.74) is 1.32. The van der Waals surface area contributed by atoms with E-state index in [0.717, 1.165) is 0 Å². The molecule has 1 aliphatic rings. The fraction of sp³-hybridized carbons (Fsp3) is 0.571. The number of ketones is 2. The van der Waals surface area contributed by atoms with E-state index < -0.39 is 0 Å². The molecule has 2 heteroatoms. The number of Topliss-reactive ketones (excluding diaryl/α,β-unsaturated/α-hetero) is 2. The van der Waals surface area contributed by atoms with E-state index in [-0.39, 0.29) is 11.6 Å². The SMILES string of the molecule is CC(C)CC1=CC=C(CC(C)C)C(=O)C1=O. The number of hydrogen-bond acceptors (Lipinski definition) is 2. The van der Waals surface area contributed by atoms with Crippen molar-refractivity contribution in [1.29, 1.82) is 0 Å². The lowest BCUT2D eigenvalue weighted by Gasteiger charge is -2.15. The second-order valence-electron chi connectivity index (χ2n) is 5.24. The zero-order valence-electron chi connectivity index (χ0n) is 10.5. The minimum absolute atomic E-state index is 0.299. The van der Waals surface area contributed by atoms with Crippen molar-refractivity contribution in [2.75, 3.05) is 0 Å². The quantitative estimate of drug-likeness (QED) is 0.539. The summed E-state index contributed by atoms with van der Waals surface area (Å²) in [6.45, 7) is 8.19. The Morgan fingerprint density at radius 3 is 1.38 bits per heavy atom. The van der Waals surface area contributed by atoms with Crippen molar-refractivity contribution < 1.29 is 9.59 Å². The molecule has 0 saturated heterocycles. The Balaban J connectivity index is 2.86. The number of hydrogen-bond donors (Lipinski definition) is 0. The average Bonchev–Trinajstić information content (AvgIpc) is 2.16. The van der Waals surface area contributed by atoms with Crippen molar-refractivity contribution in [2.24, 2.45) is 11.8 Å². The topological polar surface area (TPSA) is 34.1 Å². The molecule has 1 aliphatic carbocycles. The zero-order valence-corrected chi connectivity index (χ0v) is 10.5. The van der Waals surface area contributed by atoms with Gasteiger partial charge in [0.25, 0.3) is 0 Å². The molecule has 0 fully saturated rings. The van der Waals surface area contributed by atoms with E-state index in [1.165, 1.54) is 0 Å². The van der Waals surface area contributed by atoms with Gasteiger partial charge in [-0.15, -0.1) is 0 Å². The first kappa shape index (κ1) is 12.9. The van der Waals surface area contributed by atoms with E-state index in [4.69, 9.17) is 0 Å². The van der Waals surface area contributed by atoms with Crippen molar-refractivity contribution in [3.05, 3.63) is 23.3 Å². The second kappa shape index (κ2) is 5.24. The molecule has 0 aromatic rings. The molecule has 0 unspecified atom stereocenters. The fourth-order valence-electron chi connectivity index (χ4n) is 1.85. The van der Waals surface area contributed by atoms with Crippen LogP contribution >= 0.6 is 0 Å². The predicted octanol–water partition coefficient (Wildman–Crippen LogP) is 3.08. The molecular weight excluding hydrogens is 200 g/mol. The molecule has 0 spiro atoms. The molecule has 0 amide bonds. The lowest BCUT2D eigenvalue weighted by molar-refractivity contribution is -0.132. The fourth-order valence-corrected chi connectivity index (χ4v) is 1.85. The lowest BCUT2D eigenvalue weighted by atomic mass is 9.87. The van der Waals surface area contributed by atoms with Gasteiger partial charge in [-0.2, -0.15) is 0 Å². The maximum atomic E-state index is 11.8. The van der Waals surface area contributed by atoms with Crippen LogP contribution < -0.4 is 0 Å². The predicted molar refractivity (Wildman–Crippen MR) is 65.1 cm³/mol. The highest BCUT2D eigenvalue weighted by Crippen LogP contribution is 2.22. The van der Waals surface area contributed by atoms with Crippen molar-refractivity contribution >= 4 is 11.6 Å². The van der Waals surface area contributed by atoms with Gasteiger partial charge in [0, 0.05) is 11.1 Å². The number of allylic oxidation sites excluding steroid dienone is 4.